The number of carbonyl (C=O) groups is 3. The Labute approximate surface area is 200 Å². The number of ether oxygens (including phenoxy) is 1. The molecule has 8 nitrogen and oxygen atoms in total. The SMILES string of the molecule is CCSC1=NC2C(S1)C(=O)N(c1ccc(C)cc1)C(=O)N2CC(=O)Nc1ccccc1OC. The van der Waals surface area contributed by atoms with Crippen LogP contribution < -0.4 is 15.0 Å². The first-order valence-electron chi connectivity index (χ1n) is 10.4. The van der Waals surface area contributed by atoms with E-state index in [1.165, 1.54) is 35.5 Å². The number of urea groups is 1. The molecule has 0 bridgehead atoms. The zero-order valence-corrected chi connectivity index (χ0v) is 20.1. The van der Waals surface area contributed by atoms with Crippen LogP contribution in [0.2, 0.25) is 0 Å². The van der Waals surface area contributed by atoms with E-state index in [2.05, 4.69) is 10.3 Å². The summed E-state index contributed by atoms with van der Waals surface area (Å²) in [5.41, 5.74) is 1.99. The largest absolute Gasteiger partial charge is 0.495 e. The molecule has 0 saturated carbocycles. The van der Waals surface area contributed by atoms with Crippen molar-refractivity contribution in [1.82, 2.24) is 4.90 Å². The molecule has 2 aromatic carbocycles. The molecule has 1 fully saturated rings. The highest BCUT2D eigenvalue weighted by molar-refractivity contribution is 8.39. The van der Waals surface area contributed by atoms with Crippen molar-refractivity contribution >= 4 is 57.1 Å². The fourth-order valence-electron chi connectivity index (χ4n) is 3.63. The fraction of sp³-hybridized carbons (Fsp3) is 0.304. The number of fused-ring (bicyclic) bond motifs is 1. The third kappa shape index (κ3) is 4.72. The Morgan fingerprint density at radius 2 is 1.91 bits per heavy atom. The summed E-state index contributed by atoms with van der Waals surface area (Å²) in [7, 11) is 1.52. The third-order valence-electron chi connectivity index (χ3n) is 5.21. The van der Waals surface area contributed by atoms with Crippen molar-refractivity contribution in [2.75, 3.05) is 29.6 Å². The average molecular weight is 485 g/mol. The number of amides is 4. The number of nitrogens with zero attached hydrogens (tertiary/aromatic N) is 3. The zero-order chi connectivity index (χ0) is 23.5. The Balaban J connectivity index is 1.62. The van der Waals surface area contributed by atoms with Gasteiger partial charge < -0.3 is 10.1 Å². The van der Waals surface area contributed by atoms with Gasteiger partial charge in [0.2, 0.25) is 5.91 Å². The molecule has 4 rings (SSSR count). The lowest BCUT2D eigenvalue weighted by Gasteiger charge is -2.39. The van der Waals surface area contributed by atoms with E-state index in [1.807, 2.05) is 26.0 Å². The molecular formula is C23H24N4O4S2. The number of benzene rings is 2. The summed E-state index contributed by atoms with van der Waals surface area (Å²) in [6.45, 7) is 3.69. The zero-order valence-electron chi connectivity index (χ0n) is 18.5. The number of anilines is 2. The van der Waals surface area contributed by atoms with Crippen LogP contribution in [-0.2, 0) is 9.59 Å². The summed E-state index contributed by atoms with van der Waals surface area (Å²) in [6.07, 6.45) is -0.728. The van der Waals surface area contributed by atoms with E-state index in [0.29, 0.717) is 17.1 Å². The molecule has 2 aliphatic rings. The van der Waals surface area contributed by atoms with Crippen LogP contribution >= 0.6 is 23.5 Å². The third-order valence-corrected chi connectivity index (χ3v) is 7.50. The van der Waals surface area contributed by atoms with Crippen molar-refractivity contribution in [1.29, 1.82) is 0 Å². The molecule has 1 saturated heterocycles. The van der Waals surface area contributed by atoms with Gasteiger partial charge >= 0.3 is 6.03 Å². The second-order valence-electron chi connectivity index (χ2n) is 7.45. The quantitative estimate of drug-likeness (QED) is 0.667. The van der Waals surface area contributed by atoms with Gasteiger partial charge in [0.15, 0.2) is 0 Å². The predicted molar refractivity (Wildman–Crippen MR) is 133 cm³/mol. The first-order chi connectivity index (χ1) is 15.9. The molecule has 2 aliphatic heterocycles. The van der Waals surface area contributed by atoms with Gasteiger partial charge in [-0.2, -0.15) is 0 Å². The number of aryl methyl sites for hydroxylation is 1. The van der Waals surface area contributed by atoms with Gasteiger partial charge in [-0.3, -0.25) is 14.5 Å². The van der Waals surface area contributed by atoms with E-state index >= 15 is 0 Å². The lowest BCUT2D eigenvalue weighted by atomic mass is 10.1. The average Bonchev–Trinajstić information content (AvgIpc) is 3.23. The minimum absolute atomic E-state index is 0.248. The fourth-order valence-corrected chi connectivity index (χ4v) is 5.92. The van der Waals surface area contributed by atoms with Crippen LogP contribution in [0.25, 0.3) is 0 Å². The lowest BCUT2D eigenvalue weighted by molar-refractivity contribution is -0.122. The van der Waals surface area contributed by atoms with Crippen molar-refractivity contribution in [3.8, 4) is 5.75 Å². The minimum Gasteiger partial charge on any atom is -0.495 e. The van der Waals surface area contributed by atoms with Crippen molar-refractivity contribution in [3.05, 3.63) is 54.1 Å². The topological polar surface area (TPSA) is 91.3 Å². The first kappa shape index (κ1) is 23.2. The van der Waals surface area contributed by atoms with Crippen molar-refractivity contribution < 1.29 is 19.1 Å². The van der Waals surface area contributed by atoms with Crippen molar-refractivity contribution in [2.24, 2.45) is 4.99 Å². The highest BCUT2D eigenvalue weighted by atomic mass is 32.2. The molecule has 2 atom stereocenters. The van der Waals surface area contributed by atoms with Crippen LogP contribution in [0.5, 0.6) is 5.75 Å². The molecule has 2 heterocycles. The number of carbonyl (C=O) groups excluding carboxylic acids is 3. The molecule has 0 aliphatic carbocycles. The number of hydrogen-bond acceptors (Lipinski definition) is 7. The highest BCUT2D eigenvalue weighted by Gasteiger charge is 2.51. The molecule has 0 spiro atoms. The Morgan fingerprint density at radius 3 is 2.61 bits per heavy atom. The number of rotatable bonds is 6. The van der Waals surface area contributed by atoms with E-state index in [0.717, 1.165) is 20.6 Å². The van der Waals surface area contributed by atoms with Gasteiger partial charge in [0, 0.05) is 0 Å². The Kier molecular flexibility index (Phi) is 6.94. The smallest absolute Gasteiger partial charge is 0.333 e. The summed E-state index contributed by atoms with van der Waals surface area (Å²) in [5, 5.41) is 2.20. The maximum Gasteiger partial charge on any atom is 0.333 e. The second-order valence-corrected chi connectivity index (χ2v) is 10.1. The molecule has 10 heteroatoms. The van der Waals surface area contributed by atoms with Gasteiger partial charge in [0.25, 0.3) is 5.91 Å². The van der Waals surface area contributed by atoms with Crippen molar-refractivity contribution in [3.63, 3.8) is 0 Å². The molecule has 0 aromatic heterocycles. The van der Waals surface area contributed by atoms with Gasteiger partial charge in [0.1, 0.15) is 28.1 Å². The summed E-state index contributed by atoms with van der Waals surface area (Å²) in [4.78, 5) is 46.9. The summed E-state index contributed by atoms with van der Waals surface area (Å²) in [5.74, 6) is 0.585. The number of nitrogens with one attached hydrogen (secondary N) is 1. The van der Waals surface area contributed by atoms with Gasteiger partial charge in [-0.05, 0) is 36.9 Å². The predicted octanol–water partition coefficient (Wildman–Crippen LogP) is 3.96. The first-order valence-corrected chi connectivity index (χ1v) is 12.3. The number of thioether (sulfide) groups is 2. The van der Waals surface area contributed by atoms with Crippen LogP contribution in [0.3, 0.4) is 0 Å². The lowest BCUT2D eigenvalue weighted by Crippen LogP contribution is -2.63. The normalized spacial score (nSPS) is 19.9. The Hall–Kier alpha value is -2.98. The maximum absolute atomic E-state index is 13.5. The number of aliphatic imine (C=N–C) groups is 1. The standard InChI is InChI=1S/C23H24N4O4S2/c1-4-32-22-25-20-19(33-22)21(29)27(15-11-9-14(2)10-12-15)23(30)26(20)13-18(28)24-16-7-5-6-8-17(16)31-3/h5-12,19-20H,4,13H2,1-3H3,(H,24,28). The van der Waals surface area contributed by atoms with E-state index in [4.69, 9.17) is 4.74 Å². The van der Waals surface area contributed by atoms with E-state index in [-0.39, 0.29) is 12.5 Å². The number of para-hydroxylation sites is 2. The minimum atomic E-state index is -0.728. The molecule has 2 unspecified atom stereocenters. The van der Waals surface area contributed by atoms with Crippen LogP contribution in [0.15, 0.2) is 53.5 Å². The molecule has 33 heavy (non-hydrogen) atoms. The van der Waals surface area contributed by atoms with Gasteiger partial charge in [-0.1, -0.05) is 48.5 Å². The Bertz CT molecular complexity index is 1110. The molecule has 2 aromatic rings. The number of hydrogen-bond donors (Lipinski definition) is 1. The Morgan fingerprint density at radius 1 is 1.18 bits per heavy atom. The molecule has 0 radical (unpaired) electrons. The molecule has 1 N–H and O–H groups in total. The summed E-state index contributed by atoms with van der Waals surface area (Å²) < 4.78 is 6.04. The highest BCUT2D eigenvalue weighted by Crippen LogP contribution is 2.39. The second kappa shape index (κ2) is 9.88. The van der Waals surface area contributed by atoms with Crippen LogP contribution in [0.4, 0.5) is 16.2 Å². The van der Waals surface area contributed by atoms with Crippen LogP contribution in [0.1, 0.15) is 12.5 Å². The van der Waals surface area contributed by atoms with Gasteiger partial charge in [-0.25, -0.2) is 14.7 Å². The molecule has 172 valence electrons. The van der Waals surface area contributed by atoms with Crippen molar-refractivity contribution in [2.45, 2.75) is 25.3 Å². The van der Waals surface area contributed by atoms with E-state index in [1.54, 1.807) is 36.4 Å². The number of imide groups is 1. The maximum atomic E-state index is 13.5. The number of methoxy groups -OCH3 is 1. The summed E-state index contributed by atoms with van der Waals surface area (Å²) in [6, 6.07) is 13.6. The van der Waals surface area contributed by atoms with Crippen LogP contribution in [0, 0.1) is 6.92 Å². The van der Waals surface area contributed by atoms with Gasteiger partial charge in [0.05, 0.1) is 18.5 Å². The molecule has 4 amide bonds. The van der Waals surface area contributed by atoms with E-state index in [9.17, 15) is 14.4 Å². The van der Waals surface area contributed by atoms with E-state index < -0.39 is 23.4 Å². The van der Waals surface area contributed by atoms with Crippen LogP contribution in [-0.4, -0.2) is 57.9 Å². The summed E-state index contributed by atoms with van der Waals surface area (Å²) >= 11 is 2.87. The van der Waals surface area contributed by atoms with Gasteiger partial charge in [-0.15, -0.1) is 11.8 Å². The molecular weight excluding hydrogens is 460 g/mol. The monoisotopic (exact) mass is 484 g/mol.